The third-order valence-corrected chi connectivity index (χ3v) is 2.01. The minimum absolute atomic E-state index is 0.151. The van der Waals surface area contributed by atoms with Crippen LogP contribution in [0.15, 0.2) is 24.3 Å². The highest BCUT2D eigenvalue weighted by atomic mass is 35.5. The summed E-state index contributed by atoms with van der Waals surface area (Å²) in [5, 5.41) is 0.861. The van der Waals surface area contributed by atoms with Gasteiger partial charge in [0.25, 0.3) is 0 Å². The first-order chi connectivity index (χ1) is 5.02. The SMILES string of the molecule is CC(C)(C)c1ccccc1Cl. The van der Waals surface area contributed by atoms with Crippen molar-refractivity contribution in [3.63, 3.8) is 0 Å². The van der Waals surface area contributed by atoms with Gasteiger partial charge >= 0.3 is 0 Å². The van der Waals surface area contributed by atoms with Crippen LogP contribution in [0, 0.1) is 0 Å². The van der Waals surface area contributed by atoms with Crippen LogP contribution in [-0.4, -0.2) is 0 Å². The van der Waals surface area contributed by atoms with Crippen molar-refractivity contribution in [1.29, 1.82) is 0 Å². The quantitative estimate of drug-likeness (QED) is 0.555. The Hall–Kier alpha value is -0.490. The first kappa shape index (κ1) is 8.61. The summed E-state index contributed by atoms with van der Waals surface area (Å²) in [6.07, 6.45) is 0. The average Bonchev–Trinajstić information content (AvgIpc) is 1.86. The van der Waals surface area contributed by atoms with Crippen molar-refractivity contribution < 1.29 is 0 Å². The van der Waals surface area contributed by atoms with Crippen molar-refractivity contribution in [2.24, 2.45) is 0 Å². The zero-order valence-electron chi connectivity index (χ0n) is 7.19. The molecule has 1 aromatic rings. The van der Waals surface area contributed by atoms with Gasteiger partial charge in [-0.05, 0) is 17.0 Å². The van der Waals surface area contributed by atoms with E-state index in [9.17, 15) is 0 Å². The maximum absolute atomic E-state index is 6.01. The summed E-state index contributed by atoms with van der Waals surface area (Å²) in [5.41, 5.74) is 1.36. The Labute approximate surface area is 73.2 Å². The molecule has 11 heavy (non-hydrogen) atoms. The molecule has 60 valence electrons. The van der Waals surface area contributed by atoms with E-state index < -0.39 is 0 Å². The lowest BCUT2D eigenvalue weighted by Gasteiger charge is -2.19. The number of hydrogen-bond acceptors (Lipinski definition) is 0. The number of halogens is 1. The Morgan fingerprint density at radius 2 is 1.64 bits per heavy atom. The van der Waals surface area contributed by atoms with Gasteiger partial charge in [-0.15, -0.1) is 0 Å². The summed E-state index contributed by atoms with van der Waals surface area (Å²) in [6.45, 7) is 6.48. The highest BCUT2D eigenvalue weighted by molar-refractivity contribution is 6.31. The molecular formula is C10H13Cl. The zero-order valence-corrected chi connectivity index (χ0v) is 7.94. The zero-order chi connectivity index (χ0) is 8.48. The van der Waals surface area contributed by atoms with Crippen molar-refractivity contribution in [2.75, 3.05) is 0 Å². The van der Waals surface area contributed by atoms with Gasteiger partial charge in [0.2, 0.25) is 0 Å². The van der Waals surface area contributed by atoms with Crippen LogP contribution in [0.5, 0.6) is 0 Å². The maximum atomic E-state index is 6.01. The van der Waals surface area contributed by atoms with E-state index in [1.54, 1.807) is 0 Å². The van der Waals surface area contributed by atoms with E-state index in [1.165, 1.54) is 5.56 Å². The van der Waals surface area contributed by atoms with Gasteiger partial charge in [0.15, 0.2) is 0 Å². The Bertz CT molecular complexity index is 245. The summed E-state index contributed by atoms with van der Waals surface area (Å²) < 4.78 is 0. The van der Waals surface area contributed by atoms with Crippen LogP contribution in [0.25, 0.3) is 0 Å². The van der Waals surface area contributed by atoms with Crippen molar-refractivity contribution in [3.05, 3.63) is 34.9 Å². The summed E-state index contributed by atoms with van der Waals surface area (Å²) >= 11 is 6.01. The molecule has 0 saturated heterocycles. The molecular weight excluding hydrogens is 156 g/mol. The minimum Gasteiger partial charge on any atom is -0.0840 e. The Balaban J connectivity index is 3.14. The van der Waals surface area contributed by atoms with Gasteiger partial charge in [-0.25, -0.2) is 0 Å². The van der Waals surface area contributed by atoms with Gasteiger partial charge in [0.1, 0.15) is 0 Å². The molecule has 1 rings (SSSR count). The van der Waals surface area contributed by atoms with Gasteiger partial charge in [0.05, 0.1) is 0 Å². The molecule has 0 saturated carbocycles. The van der Waals surface area contributed by atoms with Crippen LogP contribution in [-0.2, 0) is 5.41 Å². The van der Waals surface area contributed by atoms with Gasteiger partial charge in [-0.2, -0.15) is 0 Å². The molecule has 0 amide bonds. The monoisotopic (exact) mass is 168 g/mol. The van der Waals surface area contributed by atoms with Crippen molar-refractivity contribution >= 4 is 11.6 Å². The topological polar surface area (TPSA) is 0 Å². The van der Waals surface area contributed by atoms with Crippen LogP contribution in [0.2, 0.25) is 5.02 Å². The lowest BCUT2D eigenvalue weighted by atomic mass is 9.87. The van der Waals surface area contributed by atoms with E-state index in [0.29, 0.717) is 0 Å². The van der Waals surface area contributed by atoms with Crippen LogP contribution in [0.4, 0.5) is 0 Å². The van der Waals surface area contributed by atoms with Crippen LogP contribution < -0.4 is 0 Å². The second kappa shape index (κ2) is 2.86. The van der Waals surface area contributed by atoms with Crippen LogP contribution in [0.1, 0.15) is 26.3 Å². The molecule has 0 fully saturated rings. The van der Waals surface area contributed by atoms with Crippen LogP contribution >= 0.6 is 11.6 Å². The molecule has 0 aliphatic heterocycles. The van der Waals surface area contributed by atoms with E-state index in [4.69, 9.17) is 11.6 Å². The lowest BCUT2D eigenvalue weighted by molar-refractivity contribution is 0.590. The largest absolute Gasteiger partial charge is 0.0840 e. The number of hydrogen-bond donors (Lipinski definition) is 0. The molecule has 0 radical (unpaired) electrons. The number of benzene rings is 1. The molecule has 0 aliphatic carbocycles. The normalized spacial score (nSPS) is 11.6. The third kappa shape index (κ3) is 1.97. The molecule has 0 bridgehead atoms. The number of rotatable bonds is 0. The smallest absolute Gasteiger partial charge is 0.0443 e. The van der Waals surface area contributed by atoms with Crippen molar-refractivity contribution in [2.45, 2.75) is 26.2 Å². The summed E-state index contributed by atoms with van der Waals surface area (Å²) in [5.74, 6) is 0. The Morgan fingerprint density at radius 1 is 1.09 bits per heavy atom. The molecule has 1 aromatic carbocycles. The van der Waals surface area contributed by atoms with E-state index in [1.807, 2.05) is 18.2 Å². The van der Waals surface area contributed by atoms with E-state index in [0.717, 1.165) is 5.02 Å². The van der Waals surface area contributed by atoms with Gasteiger partial charge in [0, 0.05) is 5.02 Å². The molecule has 1 heteroatoms. The molecule has 0 aromatic heterocycles. The molecule has 0 atom stereocenters. The molecule has 0 N–H and O–H groups in total. The fourth-order valence-corrected chi connectivity index (χ4v) is 1.49. The van der Waals surface area contributed by atoms with Gasteiger partial charge < -0.3 is 0 Å². The second-order valence-corrected chi connectivity index (χ2v) is 4.14. The predicted octanol–water partition coefficient (Wildman–Crippen LogP) is 3.64. The Morgan fingerprint density at radius 3 is 2.00 bits per heavy atom. The lowest BCUT2D eigenvalue weighted by Crippen LogP contribution is -2.11. The maximum Gasteiger partial charge on any atom is 0.0443 e. The fraction of sp³-hybridized carbons (Fsp3) is 0.400. The molecule has 0 nitrogen and oxygen atoms in total. The molecule has 0 spiro atoms. The van der Waals surface area contributed by atoms with Gasteiger partial charge in [-0.1, -0.05) is 50.6 Å². The van der Waals surface area contributed by atoms with Crippen molar-refractivity contribution in [1.82, 2.24) is 0 Å². The first-order valence-electron chi connectivity index (χ1n) is 3.77. The standard InChI is InChI=1S/C10H13Cl/c1-10(2,3)8-6-4-5-7-9(8)11/h4-7H,1-3H3. The van der Waals surface area contributed by atoms with Gasteiger partial charge in [-0.3, -0.25) is 0 Å². The third-order valence-electron chi connectivity index (χ3n) is 1.68. The summed E-state index contributed by atoms with van der Waals surface area (Å²) in [7, 11) is 0. The Kier molecular flexibility index (Phi) is 2.24. The van der Waals surface area contributed by atoms with E-state index in [2.05, 4.69) is 26.8 Å². The van der Waals surface area contributed by atoms with E-state index in [-0.39, 0.29) is 5.41 Å². The average molecular weight is 169 g/mol. The first-order valence-corrected chi connectivity index (χ1v) is 4.14. The predicted molar refractivity (Wildman–Crippen MR) is 50.2 cm³/mol. The van der Waals surface area contributed by atoms with Crippen molar-refractivity contribution in [3.8, 4) is 0 Å². The van der Waals surface area contributed by atoms with Crippen LogP contribution in [0.3, 0.4) is 0 Å². The highest BCUT2D eigenvalue weighted by Crippen LogP contribution is 2.28. The molecule has 0 unspecified atom stereocenters. The fourth-order valence-electron chi connectivity index (χ4n) is 1.07. The second-order valence-electron chi connectivity index (χ2n) is 3.73. The summed E-state index contributed by atoms with van der Waals surface area (Å²) in [6, 6.07) is 7.98. The van der Waals surface area contributed by atoms with E-state index >= 15 is 0 Å². The summed E-state index contributed by atoms with van der Waals surface area (Å²) in [4.78, 5) is 0. The molecule has 0 heterocycles. The minimum atomic E-state index is 0.151. The molecule has 0 aliphatic rings. The highest BCUT2D eigenvalue weighted by Gasteiger charge is 2.15.